The second kappa shape index (κ2) is 8.73. The molecule has 0 saturated heterocycles. The summed E-state index contributed by atoms with van der Waals surface area (Å²) in [5.74, 6) is 0. The van der Waals surface area contributed by atoms with E-state index in [0.29, 0.717) is 23.7 Å². The molecule has 8 heteroatoms. The number of sulfonamides is 1. The van der Waals surface area contributed by atoms with Crippen molar-refractivity contribution in [2.75, 3.05) is 17.5 Å². The largest absolute Gasteiger partial charge is 0.445 e. The minimum Gasteiger partial charge on any atom is -0.445 e. The maximum Gasteiger partial charge on any atom is 0.407 e. The van der Waals surface area contributed by atoms with E-state index >= 15 is 0 Å². The molecule has 134 valence electrons. The summed E-state index contributed by atoms with van der Waals surface area (Å²) in [5.41, 5.74) is 2.11. The fraction of sp³-hybridized carbons (Fsp3) is 0.235. The van der Waals surface area contributed by atoms with Crippen molar-refractivity contribution in [1.29, 1.82) is 0 Å². The van der Waals surface area contributed by atoms with Gasteiger partial charge in [0.2, 0.25) is 10.0 Å². The van der Waals surface area contributed by atoms with E-state index in [0.717, 1.165) is 17.4 Å². The standard InChI is InChI=1S/C17H19ClN2O4S/c1-25(22,23)20-16-8-7-13(11-15(16)18)9-10-19-17(21)24-12-14-5-3-2-4-6-14/h2-8,11,20H,9-10,12H2,1H3,(H,19,21). The minimum absolute atomic E-state index is 0.213. The molecule has 0 fully saturated rings. The Kier molecular flexibility index (Phi) is 6.66. The lowest BCUT2D eigenvalue weighted by Crippen LogP contribution is -2.26. The molecule has 0 aliphatic carbocycles. The van der Waals surface area contributed by atoms with Crippen molar-refractivity contribution in [2.45, 2.75) is 13.0 Å². The van der Waals surface area contributed by atoms with Gasteiger partial charge in [-0.2, -0.15) is 0 Å². The van der Waals surface area contributed by atoms with Crippen LogP contribution in [0, 0.1) is 0 Å². The number of hydrogen-bond acceptors (Lipinski definition) is 4. The molecule has 0 unspecified atom stereocenters. The smallest absolute Gasteiger partial charge is 0.407 e. The quantitative estimate of drug-likeness (QED) is 0.770. The van der Waals surface area contributed by atoms with Crippen LogP contribution in [0.3, 0.4) is 0 Å². The summed E-state index contributed by atoms with van der Waals surface area (Å²) in [4.78, 5) is 11.6. The zero-order valence-electron chi connectivity index (χ0n) is 13.7. The van der Waals surface area contributed by atoms with Crippen LogP contribution >= 0.6 is 11.6 Å². The van der Waals surface area contributed by atoms with E-state index in [9.17, 15) is 13.2 Å². The Balaban J connectivity index is 1.77. The average Bonchev–Trinajstić information content (AvgIpc) is 2.55. The molecule has 1 amide bonds. The molecule has 2 aromatic carbocycles. The Morgan fingerprint density at radius 2 is 1.84 bits per heavy atom. The van der Waals surface area contributed by atoms with Gasteiger partial charge in [-0.05, 0) is 29.7 Å². The van der Waals surface area contributed by atoms with Gasteiger partial charge in [0.25, 0.3) is 0 Å². The van der Waals surface area contributed by atoms with Gasteiger partial charge in [-0.25, -0.2) is 13.2 Å². The van der Waals surface area contributed by atoms with E-state index in [4.69, 9.17) is 16.3 Å². The second-order valence-electron chi connectivity index (χ2n) is 5.43. The third kappa shape index (κ3) is 7.03. The molecular weight excluding hydrogens is 364 g/mol. The normalized spacial score (nSPS) is 11.0. The van der Waals surface area contributed by atoms with Crippen molar-refractivity contribution in [3.63, 3.8) is 0 Å². The van der Waals surface area contributed by atoms with Crippen LogP contribution < -0.4 is 10.0 Å². The van der Waals surface area contributed by atoms with E-state index in [2.05, 4.69) is 10.0 Å². The number of anilines is 1. The van der Waals surface area contributed by atoms with Crippen LogP contribution in [0.15, 0.2) is 48.5 Å². The zero-order valence-corrected chi connectivity index (χ0v) is 15.2. The Morgan fingerprint density at radius 1 is 1.12 bits per heavy atom. The number of rotatable bonds is 7. The first kappa shape index (κ1) is 19.1. The summed E-state index contributed by atoms with van der Waals surface area (Å²) in [7, 11) is -3.38. The molecule has 0 aromatic heterocycles. The van der Waals surface area contributed by atoms with Gasteiger partial charge in [-0.1, -0.05) is 48.0 Å². The second-order valence-corrected chi connectivity index (χ2v) is 7.58. The van der Waals surface area contributed by atoms with Crippen molar-refractivity contribution < 1.29 is 17.9 Å². The summed E-state index contributed by atoms with van der Waals surface area (Å²) in [6, 6.07) is 14.4. The van der Waals surface area contributed by atoms with Crippen molar-refractivity contribution in [3.05, 3.63) is 64.7 Å². The Bertz CT molecular complexity index is 826. The SMILES string of the molecule is CS(=O)(=O)Nc1ccc(CCNC(=O)OCc2ccccc2)cc1Cl. The summed E-state index contributed by atoms with van der Waals surface area (Å²) in [5, 5.41) is 2.96. The lowest BCUT2D eigenvalue weighted by Gasteiger charge is -2.09. The molecule has 0 bridgehead atoms. The van der Waals surface area contributed by atoms with Crippen molar-refractivity contribution in [3.8, 4) is 0 Å². The van der Waals surface area contributed by atoms with E-state index in [1.54, 1.807) is 18.2 Å². The number of carbonyl (C=O) groups is 1. The predicted octanol–water partition coefficient (Wildman–Crippen LogP) is 3.18. The van der Waals surface area contributed by atoms with Gasteiger partial charge in [-0.3, -0.25) is 4.72 Å². The van der Waals surface area contributed by atoms with Crippen LogP contribution in [-0.4, -0.2) is 27.3 Å². The van der Waals surface area contributed by atoms with E-state index in [1.807, 2.05) is 30.3 Å². The minimum atomic E-state index is -3.38. The Morgan fingerprint density at radius 3 is 2.48 bits per heavy atom. The molecule has 2 rings (SSSR count). The van der Waals surface area contributed by atoms with Crippen LogP contribution in [0.5, 0.6) is 0 Å². The van der Waals surface area contributed by atoms with Gasteiger partial charge < -0.3 is 10.1 Å². The van der Waals surface area contributed by atoms with E-state index < -0.39 is 16.1 Å². The highest BCUT2D eigenvalue weighted by molar-refractivity contribution is 7.92. The number of benzene rings is 2. The monoisotopic (exact) mass is 382 g/mol. The lowest BCUT2D eigenvalue weighted by atomic mass is 10.1. The molecule has 0 heterocycles. The molecule has 2 N–H and O–H groups in total. The third-order valence-corrected chi connectivity index (χ3v) is 4.13. The number of carbonyl (C=O) groups excluding carboxylic acids is 1. The summed E-state index contributed by atoms with van der Waals surface area (Å²) < 4.78 is 29.9. The molecule has 0 radical (unpaired) electrons. The molecule has 6 nitrogen and oxygen atoms in total. The van der Waals surface area contributed by atoms with E-state index in [-0.39, 0.29) is 6.61 Å². The average molecular weight is 383 g/mol. The first-order valence-corrected chi connectivity index (χ1v) is 9.81. The van der Waals surface area contributed by atoms with Crippen LogP contribution in [0.2, 0.25) is 5.02 Å². The molecule has 0 saturated carbocycles. The lowest BCUT2D eigenvalue weighted by molar-refractivity contribution is 0.140. The number of ether oxygens (including phenoxy) is 1. The highest BCUT2D eigenvalue weighted by atomic mass is 35.5. The first-order chi connectivity index (χ1) is 11.8. The van der Waals surface area contributed by atoms with Gasteiger partial charge in [-0.15, -0.1) is 0 Å². The van der Waals surface area contributed by atoms with Gasteiger partial charge in [0.15, 0.2) is 0 Å². The highest BCUT2D eigenvalue weighted by Gasteiger charge is 2.08. The maximum absolute atomic E-state index is 11.6. The first-order valence-electron chi connectivity index (χ1n) is 7.54. The Hall–Kier alpha value is -2.25. The molecule has 0 aliphatic rings. The predicted molar refractivity (Wildman–Crippen MR) is 98.3 cm³/mol. The summed E-state index contributed by atoms with van der Waals surface area (Å²) >= 11 is 6.06. The van der Waals surface area contributed by atoms with Crippen LogP contribution in [0.25, 0.3) is 0 Å². The van der Waals surface area contributed by atoms with Gasteiger partial charge in [0.05, 0.1) is 17.0 Å². The maximum atomic E-state index is 11.6. The number of nitrogens with one attached hydrogen (secondary N) is 2. The molecular formula is C17H19ClN2O4S. The number of alkyl carbamates (subject to hydrolysis) is 1. The van der Waals surface area contributed by atoms with Crippen LogP contribution in [-0.2, 0) is 27.8 Å². The number of hydrogen-bond donors (Lipinski definition) is 2. The highest BCUT2D eigenvalue weighted by Crippen LogP contribution is 2.24. The zero-order chi connectivity index (χ0) is 18.3. The fourth-order valence-corrected chi connectivity index (χ4v) is 2.96. The van der Waals surface area contributed by atoms with E-state index in [1.165, 1.54) is 0 Å². The van der Waals surface area contributed by atoms with Crippen LogP contribution in [0.4, 0.5) is 10.5 Å². The molecule has 0 atom stereocenters. The Labute approximate surface area is 152 Å². The summed E-state index contributed by atoms with van der Waals surface area (Å²) in [6.07, 6.45) is 1.10. The van der Waals surface area contributed by atoms with Gasteiger partial charge in [0.1, 0.15) is 6.61 Å². The topological polar surface area (TPSA) is 84.5 Å². The number of amides is 1. The molecule has 0 aliphatic heterocycles. The van der Waals surface area contributed by atoms with Crippen molar-refractivity contribution in [1.82, 2.24) is 5.32 Å². The third-order valence-electron chi connectivity index (χ3n) is 3.22. The summed E-state index contributed by atoms with van der Waals surface area (Å²) in [6.45, 7) is 0.590. The van der Waals surface area contributed by atoms with Crippen molar-refractivity contribution in [2.24, 2.45) is 0 Å². The molecule has 2 aromatic rings. The fourth-order valence-electron chi connectivity index (χ4n) is 2.08. The molecule has 0 spiro atoms. The van der Waals surface area contributed by atoms with Gasteiger partial charge in [0, 0.05) is 6.54 Å². The molecule has 25 heavy (non-hydrogen) atoms. The van der Waals surface area contributed by atoms with Crippen LogP contribution in [0.1, 0.15) is 11.1 Å². The van der Waals surface area contributed by atoms with Gasteiger partial charge >= 0.3 is 6.09 Å². The van der Waals surface area contributed by atoms with Crippen molar-refractivity contribution >= 4 is 33.4 Å². The number of halogens is 1.